The van der Waals surface area contributed by atoms with E-state index in [2.05, 4.69) is 0 Å². The molecule has 0 aliphatic heterocycles. The summed E-state index contributed by atoms with van der Waals surface area (Å²) in [5.74, 6) is -0.373. The van der Waals surface area contributed by atoms with Crippen LogP contribution in [0, 0.1) is 12.7 Å². The molecule has 0 amide bonds. The average molecular weight is 290 g/mol. The Morgan fingerprint density at radius 3 is 2.29 bits per heavy atom. The van der Waals surface area contributed by atoms with E-state index in [-0.39, 0.29) is 10.8 Å². The maximum atomic E-state index is 13.8. The SMILES string of the molecule is Cc1ccc(F)c(-c2c(Cl)ccc(Cl)c2Cl)c1. The molecule has 0 aliphatic rings. The second kappa shape index (κ2) is 4.85. The lowest BCUT2D eigenvalue weighted by molar-refractivity contribution is 0.631. The van der Waals surface area contributed by atoms with Gasteiger partial charge in [-0.1, -0.05) is 46.4 Å². The van der Waals surface area contributed by atoms with Crippen molar-refractivity contribution in [1.29, 1.82) is 0 Å². The Morgan fingerprint density at radius 2 is 1.59 bits per heavy atom. The lowest BCUT2D eigenvalue weighted by atomic mass is 10.0. The molecular formula is C13H8Cl3F. The van der Waals surface area contributed by atoms with Crippen LogP contribution < -0.4 is 0 Å². The van der Waals surface area contributed by atoms with Crippen LogP contribution in [0.5, 0.6) is 0 Å². The first-order chi connectivity index (χ1) is 8.00. The van der Waals surface area contributed by atoms with Gasteiger partial charge in [0.2, 0.25) is 0 Å². The van der Waals surface area contributed by atoms with Gasteiger partial charge in [0.05, 0.1) is 15.1 Å². The molecule has 0 aliphatic carbocycles. The minimum absolute atomic E-state index is 0.267. The van der Waals surface area contributed by atoms with Crippen molar-refractivity contribution >= 4 is 34.8 Å². The molecule has 2 aromatic rings. The van der Waals surface area contributed by atoms with Crippen LogP contribution >= 0.6 is 34.8 Å². The summed E-state index contributed by atoms with van der Waals surface area (Å²) in [6, 6.07) is 7.96. The average Bonchev–Trinajstić information content (AvgIpc) is 2.29. The third kappa shape index (κ3) is 2.42. The van der Waals surface area contributed by atoms with Crippen LogP contribution in [0.25, 0.3) is 11.1 Å². The molecule has 0 fully saturated rings. The van der Waals surface area contributed by atoms with E-state index < -0.39 is 0 Å². The number of rotatable bonds is 1. The second-order valence-corrected chi connectivity index (χ2v) is 4.89. The van der Waals surface area contributed by atoms with Crippen LogP contribution in [0.2, 0.25) is 15.1 Å². The molecule has 88 valence electrons. The van der Waals surface area contributed by atoms with Gasteiger partial charge in [-0.15, -0.1) is 0 Å². The zero-order valence-electron chi connectivity index (χ0n) is 8.90. The van der Waals surface area contributed by atoms with E-state index in [1.54, 1.807) is 24.3 Å². The zero-order valence-corrected chi connectivity index (χ0v) is 11.2. The highest BCUT2D eigenvalue weighted by Gasteiger charge is 2.15. The van der Waals surface area contributed by atoms with E-state index in [1.165, 1.54) is 6.07 Å². The summed E-state index contributed by atoms with van der Waals surface area (Å²) in [6.07, 6.45) is 0. The van der Waals surface area contributed by atoms with Gasteiger partial charge in [-0.2, -0.15) is 0 Å². The fourth-order valence-corrected chi connectivity index (χ4v) is 2.34. The minimum atomic E-state index is -0.373. The highest BCUT2D eigenvalue weighted by molar-refractivity contribution is 6.46. The van der Waals surface area contributed by atoms with Gasteiger partial charge < -0.3 is 0 Å². The Morgan fingerprint density at radius 1 is 0.941 bits per heavy atom. The largest absolute Gasteiger partial charge is 0.206 e. The van der Waals surface area contributed by atoms with Gasteiger partial charge in [-0.05, 0) is 31.2 Å². The van der Waals surface area contributed by atoms with E-state index in [9.17, 15) is 4.39 Å². The Bertz CT molecular complexity index is 579. The van der Waals surface area contributed by atoms with Gasteiger partial charge in [0, 0.05) is 11.1 Å². The second-order valence-electron chi connectivity index (χ2n) is 3.70. The molecule has 2 aromatic carbocycles. The van der Waals surface area contributed by atoms with Crippen molar-refractivity contribution in [3.05, 3.63) is 56.8 Å². The topological polar surface area (TPSA) is 0 Å². The summed E-state index contributed by atoms with van der Waals surface area (Å²) in [5.41, 5.74) is 1.72. The van der Waals surface area contributed by atoms with Crippen molar-refractivity contribution < 1.29 is 4.39 Å². The molecule has 0 heterocycles. The lowest BCUT2D eigenvalue weighted by Gasteiger charge is -2.10. The number of hydrogen-bond donors (Lipinski definition) is 0. The molecule has 0 bridgehead atoms. The van der Waals surface area contributed by atoms with Crippen LogP contribution in [-0.4, -0.2) is 0 Å². The summed E-state index contributed by atoms with van der Waals surface area (Å²) in [6.45, 7) is 1.87. The first kappa shape index (κ1) is 12.7. The molecule has 4 heteroatoms. The zero-order chi connectivity index (χ0) is 12.6. The summed E-state index contributed by atoms with van der Waals surface area (Å²) in [7, 11) is 0. The van der Waals surface area contributed by atoms with Gasteiger partial charge in [0.25, 0.3) is 0 Å². The van der Waals surface area contributed by atoms with Crippen molar-refractivity contribution in [3.63, 3.8) is 0 Å². The van der Waals surface area contributed by atoms with Crippen molar-refractivity contribution in [2.45, 2.75) is 6.92 Å². The maximum absolute atomic E-state index is 13.8. The van der Waals surface area contributed by atoms with E-state index in [4.69, 9.17) is 34.8 Å². The molecule has 0 N–H and O–H groups in total. The minimum Gasteiger partial charge on any atom is -0.206 e. The van der Waals surface area contributed by atoms with E-state index in [1.807, 2.05) is 6.92 Å². The highest BCUT2D eigenvalue weighted by Crippen LogP contribution is 2.40. The molecule has 0 atom stereocenters. The van der Waals surface area contributed by atoms with E-state index >= 15 is 0 Å². The third-order valence-electron chi connectivity index (χ3n) is 2.44. The number of aryl methyl sites for hydroxylation is 1. The standard InChI is InChI=1S/C13H8Cl3F/c1-7-2-5-11(17)8(6-7)12-9(14)3-4-10(15)13(12)16/h2-6H,1H3. The predicted molar refractivity (Wildman–Crippen MR) is 71.6 cm³/mol. The molecule has 2 rings (SSSR count). The van der Waals surface area contributed by atoms with Crippen molar-refractivity contribution in [3.8, 4) is 11.1 Å². The smallest absolute Gasteiger partial charge is 0.131 e. The van der Waals surface area contributed by atoms with E-state index in [0.717, 1.165) is 5.56 Å². The molecule has 0 aromatic heterocycles. The molecule has 0 saturated carbocycles. The predicted octanol–water partition coefficient (Wildman–Crippen LogP) is 5.76. The summed E-state index contributed by atoms with van der Waals surface area (Å²) in [5, 5.41) is 1.000. The molecule has 0 saturated heterocycles. The molecule has 0 unspecified atom stereocenters. The van der Waals surface area contributed by atoms with Gasteiger partial charge >= 0.3 is 0 Å². The number of halogens is 4. The summed E-state index contributed by atoms with van der Waals surface area (Å²) < 4.78 is 13.8. The van der Waals surface area contributed by atoms with Crippen LogP contribution in [-0.2, 0) is 0 Å². The van der Waals surface area contributed by atoms with Crippen LogP contribution in [0.15, 0.2) is 30.3 Å². The molecular weight excluding hydrogens is 282 g/mol. The highest BCUT2D eigenvalue weighted by atomic mass is 35.5. The summed E-state index contributed by atoms with van der Waals surface area (Å²) in [4.78, 5) is 0. The Balaban J connectivity index is 2.76. The first-order valence-electron chi connectivity index (χ1n) is 4.90. The fourth-order valence-electron chi connectivity index (χ4n) is 1.60. The van der Waals surface area contributed by atoms with E-state index in [0.29, 0.717) is 21.2 Å². The molecule has 0 spiro atoms. The number of hydrogen-bond acceptors (Lipinski definition) is 0. The first-order valence-corrected chi connectivity index (χ1v) is 6.04. The third-order valence-corrected chi connectivity index (χ3v) is 3.55. The Hall–Kier alpha value is -0.760. The van der Waals surface area contributed by atoms with Gasteiger partial charge in [-0.3, -0.25) is 0 Å². The Labute approximate surface area is 114 Å². The molecule has 0 nitrogen and oxygen atoms in total. The van der Waals surface area contributed by atoms with Crippen molar-refractivity contribution in [2.24, 2.45) is 0 Å². The van der Waals surface area contributed by atoms with Crippen LogP contribution in [0.3, 0.4) is 0 Å². The molecule has 0 radical (unpaired) electrons. The number of benzene rings is 2. The maximum Gasteiger partial charge on any atom is 0.131 e. The van der Waals surface area contributed by atoms with Gasteiger partial charge in [0.15, 0.2) is 0 Å². The fraction of sp³-hybridized carbons (Fsp3) is 0.0769. The Kier molecular flexibility index (Phi) is 3.62. The lowest BCUT2D eigenvalue weighted by Crippen LogP contribution is -1.89. The molecule has 17 heavy (non-hydrogen) atoms. The van der Waals surface area contributed by atoms with Crippen molar-refractivity contribution in [2.75, 3.05) is 0 Å². The summed E-state index contributed by atoms with van der Waals surface area (Å²) >= 11 is 18.0. The van der Waals surface area contributed by atoms with Gasteiger partial charge in [0.1, 0.15) is 5.82 Å². The quantitative estimate of drug-likeness (QED) is 0.585. The van der Waals surface area contributed by atoms with Crippen LogP contribution in [0.1, 0.15) is 5.56 Å². The van der Waals surface area contributed by atoms with Crippen molar-refractivity contribution in [1.82, 2.24) is 0 Å². The van der Waals surface area contributed by atoms with Crippen LogP contribution in [0.4, 0.5) is 4.39 Å². The monoisotopic (exact) mass is 288 g/mol. The van der Waals surface area contributed by atoms with Gasteiger partial charge in [-0.25, -0.2) is 4.39 Å². The normalized spacial score (nSPS) is 10.6.